The second kappa shape index (κ2) is 10.7. The predicted octanol–water partition coefficient (Wildman–Crippen LogP) is 4.34. The average molecular weight is 350 g/mol. The minimum atomic E-state index is 0.603. The molecular formula is C15H22BrClO2. The molecule has 0 aliphatic heterocycles. The molecule has 1 unspecified atom stereocenters. The second-order valence-electron chi connectivity index (χ2n) is 4.56. The molecule has 0 amide bonds. The van der Waals surface area contributed by atoms with Crippen LogP contribution >= 0.6 is 27.5 Å². The van der Waals surface area contributed by atoms with E-state index in [1.165, 1.54) is 5.56 Å². The van der Waals surface area contributed by atoms with E-state index in [4.69, 9.17) is 21.1 Å². The molecule has 108 valence electrons. The number of ether oxygens (including phenoxy) is 2. The van der Waals surface area contributed by atoms with Gasteiger partial charge in [-0.2, -0.15) is 0 Å². The highest BCUT2D eigenvalue weighted by Crippen LogP contribution is 2.22. The number of hydrogen-bond acceptors (Lipinski definition) is 2. The zero-order valence-corrected chi connectivity index (χ0v) is 13.8. The number of benzene rings is 1. The predicted molar refractivity (Wildman–Crippen MR) is 84.4 cm³/mol. The standard InChI is InChI=1S/C15H22BrClO2/c1-18-9-10-19-8-4-5-13(12-16)11-14-6-2-3-7-15(14)17/h2-3,6-7,13H,4-5,8-12H2,1H3. The Kier molecular flexibility index (Phi) is 9.52. The number of methoxy groups -OCH3 is 1. The van der Waals surface area contributed by atoms with E-state index in [-0.39, 0.29) is 0 Å². The summed E-state index contributed by atoms with van der Waals surface area (Å²) in [5.41, 5.74) is 1.23. The lowest BCUT2D eigenvalue weighted by Crippen LogP contribution is -2.09. The second-order valence-corrected chi connectivity index (χ2v) is 5.62. The first kappa shape index (κ1) is 17.0. The van der Waals surface area contributed by atoms with E-state index in [2.05, 4.69) is 22.0 Å². The first-order valence-electron chi connectivity index (χ1n) is 6.64. The van der Waals surface area contributed by atoms with Crippen LogP contribution in [0.3, 0.4) is 0 Å². The number of rotatable bonds is 10. The highest BCUT2D eigenvalue weighted by Gasteiger charge is 2.10. The molecule has 2 nitrogen and oxygen atoms in total. The number of hydrogen-bond donors (Lipinski definition) is 0. The van der Waals surface area contributed by atoms with Crippen LogP contribution in [0.4, 0.5) is 0 Å². The molecule has 0 aromatic heterocycles. The Morgan fingerprint density at radius 3 is 2.68 bits per heavy atom. The molecule has 4 heteroatoms. The van der Waals surface area contributed by atoms with Crippen LogP contribution in [0.15, 0.2) is 24.3 Å². The minimum Gasteiger partial charge on any atom is -0.382 e. The average Bonchev–Trinajstić information content (AvgIpc) is 2.43. The Labute approximate surface area is 129 Å². The lowest BCUT2D eigenvalue weighted by atomic mass is 9.97. The van der Waals surface area contributed by atoms with Gasteiger partial charge in [0.15, 0.2) is 0 Å². The van der Waals surface area contributed by atoms with Crippen LogP contribution in [0, 0.1) is 5.92 Å². The molecular weight excluding hydrogens is 328 g/mol. The van der Waals surface area contributed by atoms with Gasteiger partial charge in [-0.25, -0.2) is 0 Å². The minimum absolute atomic E-state index is 0.603. The monoisotopic (exact) mass is 348 g/mol. The molecule has 0 bridgehead atoms. The van der Waals surface area contributed by atoms with E-state index in [0.29, 0.717) is 19.1 Å². The Bertz CT molecular complexity index is 347. The van der Waals surface area contributed by atoms with Gasteiger partial charge in [0.25, 0.3) is 0 Å². The van der Waals surface area contributed by atoms with Crippen molar-refractivity contribution in [2.24, 2.45) is 5.92 Å². The molecule has 0 aliphatic carbocycles. The number of halogens is 2. The Morgan fingerprint density at radius 1 is 1.21 bits per heavy atom. The molecule has 1 atom stereocenters. The van der Waals surface area contributed by atoms with Crippen molar-refractivity contribution >= 4 is 27.5 Å². The maximum atomic E-state index is 6.19. The Hall–Kier alpha value is -0.0900. The third kappa shape index (κ3) is 7.31. The van der Waals surface area contributed by atoms with E-state index in [0.717, 1.165) is 36.2 Å². The Balaban J connectivity index is 2.24. The van der Waals surface area contributed by atoms with Crippen LogP contribution in [0.5, 0.6) is 0 Å². The summed E-state index contributed by atoms with van der Waals surface area (Å²) < 4.78 is 10.4. The molecule has 0 saturated carbocycles. The molecule has 0 N–H and O–H groups in total. The maximum Gasteiger partial charge on any atom is 0.0700 e. The van der Waals surface area contributed by atoms with Crippen molar-refractivity contribution in [1.29, 1.82) is 0 Å². The van der Waals surface area contributed by atoms with Gasteiger partial charge >= 0.3 is 0 Å². The van der Waals surface area contributed by atoms with Crippen molar-refractivity contribution in [1.82, 2.24) is 0 Å². The summed E-state index contributed by atoms with van der Waals surface area (Å²) in [6, 6.07) is 8.07. The summed E-state index contributed by atoms with van der Waals surface area (Å²) in [7, 11) is 1.69. The van der Waals surface area contributed by atoms with Gasteiger partial charge in [0, 0.05) is 24.1 Å². The van der Waals surface area contributed by atoms with Crippen molar-refractivity contribution in [2.75, 3.05) is 32.3 Å². The van der Waals surface area contributed by atoms with Crippen LogP contribution in [-0.4, -0.2) is 32.3 Å². The molecule has 1 rings (SSSR count). The van der Waals surface area contributed by atoms with Gasteiger partial charge in [-0.15, -0.1) is 0 Å². The third-order valence-corrected chi connectivity index (χ3v) is 4.30. The SMILES string of the molecule is COCCOCCCC(CBr)Cc1ccccc1Cl. The molecule has 0 radical (unpaired) electrons. The van der Waals surface area contributed by atoms with Crippen LogP contribution in [0.2, 0.25) is 5.02 Å². The lowest BCUT2D eigenvalue weighted by molar-refractivity contribution is 0.0675. The smallest absolute Gasteiger partial charge is 0.0700 e. The third-order valence-electron chi connectivity index (χ3n) is 3.02. The summed E-state index contributed by atoms with van der Waals surface area (Å²) in [6.07, 6.45) is 3.23. The van der Waals surface area contributed by atoms with Gasteiger partial charge in [-0.05, 0) is 36.8 Å². The van der Waals surface area contributed by atoms with Crippen molar-refractivity contribution in [3.8, 4) is 0 Å². The largest absolute Gasteiger partial charge is 0.382 e. The quantitative estimate of drug-likeness (QED) is 0.462. The fourth-order valence-corrected chi connectivity index (χ4v) is 2.69. The van der Waals surface area contributed by atoms with Gasteiger partial charge in [0.05, 0.1) is 13.2 Å². The van der Waals surface area contributed by atoms with Crippen LogP contribution < -0.4 is 0 Å². The van der Waals surface area contributed by atoms with Gasteiger partial charge in [-0.3, -0.25) is 0 Å². The highest BCUT2D eigenvalue weighted by molar-refractivity contribution is 9.09. The molecule has 0 saturated heterocycles. The van der Waals surface area contributed by atoms with Gasteiger partial charge < -0.3 is 9.47 Å². The topological polar surface area (TPSA) is 18.5 Å². The van der Waals surface area contributed by atoms with Crippen LogP contribution in [-0.2, 0) is 15.9 Å². The van der Waals surface area contributed by atoms with Crippen molar-refractivity contribution in [2.45, 2.75) is 19.3 Å². The van der Waals surface area contributed by atoms with E-state index >= 15 is 0 Å². The maximum absolute atomic E-state index is 6.19. The molecule has 0 spiro atoms. The van der Waals surface area contributed by atoms with E-state index in [1.807, 2.05) is 18.2 Å². The number of alkyl halides is 1. The Morgan fingerprint density at radius 2 is 2.00 bits per heavy atom. The van der Waals surface area contributed by atoms with Gasteiger partial charge in [-0.1, -0.05) is 45.7 Å². The van der Waals surface area contributed by atoms with Gasteiger partial charge in [0.1, 0.15) is 0 Å². The lowest BCUT2D eigenvalue weighted by Gasteiger charge is -2.15. The van der Waals surface area contributed by atoms with E-state index in [1.54, 1.807) is 7.11 Å². The molecule has 1 aromatic carbocycles. The summed E-state index contributed by atoms with van der Waals surface area (Å²) >= 11 is 9.78. The fraction of sp³-hybridized carbons (Fsp3) is 0.600. The summed E-state index contributed by atoms with van der Waals surface area (Å²) in [5, 5.41) is 1.86. The molecule has 0 aliphatic rings. The van der Waals surface area contributed by atoms with E-state index in [9.17, 15) is 0 Å². The molecule has 0 heterocycles. The first-order valence-corrected chi connectivity index (χ1v) is 8.14. The van der Waals surface area contributed by atoms with Crippen molar-refractivity contribution in [3.05, 3.63) is 34.9 Å². The van der Waals surface area contributed by atoms with Gasteiger partial charge in [0.2, 0.25) is 0 Å². The van der Waals surface area contributed by atoms with Crippen molar-refractivity contribution < 1.29 is 9.47 Å². The molecule has 1 aromatic rings. The first-order chi connectivity index (χ1) is 9.27. The fourth-order valence-electron chi connectivity index (χ4n) is 1.93. The zero-order valence-electron chi connectivity index (χ0n) is 11.4. The molecule has 19 heavy (non-hydrogen) atoms. The highest BCUT2D eigenvalue weighted by atomic mass is 79.9. The van der Waals surface area contributed by atoms with Crippen LogP contribution in [0.1, 0.15) is 18.4 Å². The summed E-state index contributed by atoms with van der Waals surface area (Å²) in [5.74, 6) is 0.603. The summed E-state index contributed by atoms with van der Waals surface area (Å²) in [6.45, 7) is 2.15. The van der Waals surface area contributed by atoms with Crippen LogP contribution in [0.25, 0.3) is 0 Å². The van der Waals surface area contributed by atoms with Crippen molar-refractivity contribution in [3.63, 3.8) is 0 Å². The molecule has 0 fully saturated rings. The summed E-state index contributed by atoms with van der Waals surface area (Å²) in [4.78, 5) is 0. The zero-order chi connectivity index (χ0) is 13.9. The normalized spacial score (nSPS) is 12.6. The van der Waals surface area contributed by atoms with E-state index < -0.39 is 0 Å².